The molecule has 1 aliphatic heterocycles. The van der Waals surface area contributed by atoms with Crippen LogP contribution in [0.4, 0.5) is 9.59 Å². The molecule has 224 valence electrons. The van der Waals surface area contributed by atoms with Crippen molar-refractivity contribution in [3.8, 4) is 0 Å². The molecule has 1 aliphatic carbocycles. The average molecular weight is 556 g/mol. The van der Waals surface area contributed by atoms with Gasteiger partial charge in [0, 0.05) is 13.2 Å². The SMILES string of the molecule is CCOC(=O)OC(CCC(C)OC(=O)N/C(=C/CCCCCCOC1CCCCO1)C(=O)O)C1CCCCC1. The summed E-state index contributed by atoms with van der Waals surface area (Å²) in [4.78, 5) is 35.9. The fourth-order valence-electron chi connectivity index (χ4n) is 5.05. The summed E-state index contributed by atoms with van der Waals surface area (Å²) in [6.07, 6.45) is 13.1. The lowest BCUT2D eigenvalue weighted by molar-refractivity contribution is -0.162. The molecule has 10 nitrogen and oxygen atoms in total. The molecule has 0 aromatic rings. The maximum absolute atomic E-state index is 12.3. The number of ether oxygens (including phenoxy) is 5. The minimum atomic E-state index is -1.21. The lowest BCUT2D eigenvalue weighted by Crippen LogP contribution is -2.32. The Labute approximate surface area is 233 Å². The summed E-state index contributed by atoms with van der Waals surface area (Å²) in [6, 6.07) is 0. The van der Waals surface area contributed by atoms with Crippen LogP contribution < -0.4 is 5.32 Å². The van der Waals surface area contributed by atoms with E-state index in [4.69, 9.17) is 23.7 Å². The first-order valence-corrected chi connectivity index (χ1v) is 14.9. The third-order valence-electron chi connectivity index (χ3n) is 7.21. The van der Waals surface area contributed by atoms with Gasteiger partial charge < -0.3 is 28.8 Å². The van der Waals surface area contributed by atoms with Gasteiger partial charge in [-0.05, 0) is 84.0 Å². The van der Waals surface area contributed by atoms with E-state index in [1.807, 2.05) is 0 Å². The molecular formula is C29H49NO9. The minimum Gasteiger partial charge on any atom is -0.477 e. The zero-order valence-corrected chi connectivity index (χ0v) is 23.8. The number of unbranched alkanes of at least 4 members (excludes halogenated alkanes) is 4. The maximum atomic E-state index is 12.3. The van der Waals surface area contributed by atoms with Gasteiger partial charge in [0.25, 0.3) is 0 Å². The number of alkyl carbamates (subject to hydrolysis) is 1. The van der Waals surface area contributed by atoms with E-state index >= 15 is 0 Å². The molecule has 2 rings (SSSR count). The average Bonchev–Trinajstić information content (AvgIpc) is 2.92. The van der Waals surface area contributed by atoms with Crippen molar-refractivity contribution >= 4 is 18.2 Å². The zero-order valence-electron chi connectivity index (χ0n) is 23.8. The summed E-state index contributed by atoms with van der Waals surface area (Å²) in [6.45, 7) is 5.17. The van der Waals surface area contributed by atoms with Crippen molar-refractivity contribution in [2.45, 2.75) is 129 Å². The molecule has 1 heterocycles. The van der Waals surface area contributed by atoms with Crippen LogP contribution in [0.2, 0.25) is 0 Å². The van der Waals surface area contributed by atoms with Gasteiger partial charge in [0.15, 0.2) is 6.29 Å². The lowest BCUT2D eigenvalue weighted by Gasteiger charge is -2.30. The Bertz CT molecular complexity index is 745. The summed E-state index contributed by atoms with van der Waals surface area (Å²) in [7, 11) is 0. The van der Waals surface area contributed by atoms with Crippen LogP contribution in [0.1, 0.15) is 110 Å². The minimum absolute atomic E-state index is 0.0652. The Morgan fingerprint density at radius 1 is 0.974 bits per heavy atom. The van der Waals surface area contributed by atoms with Gasteiger partial charge in [-0.25, -0.2) is 14.4 Å². The number of carboxylic acids is 1. The number of hydrogen-bond acceptors (Lipinski definition) is 8. The summed E-state index contributed by atoms with van der Waals surface area (Å²) in [5, 5.41) is 11.8. The number of nitrogens with one attached hydrogen (secondary N) is 1. The van der Waals surface area contributed by atoms with Gasteiger partial charge in [0.2, 0.25) is 0 Å². The number of aliphatic carboxylic acids is 1. The molecule has 0 aromatic carbocycles. The molecule has 1 saturated heterocycles. The van der Waals surface area contributed by atoms with E-state index in [2.05, 4.69) is 5.32 Å². The fraction of sp³-hybridized carbons (Fsp3) is 0.828. The van der Waals surface area contributed by atoms with Crippen molar-refractivity contribution in [3.63, 3.8) is 0 Å². The second kappa shape index (κ2) is 19.7. The topological polar surface area (TPSA) is 130 Å². The van der Waals surface area contributed by atoms with Crippen molar-refractivity contribution < 1.29 is 43.2 Å². The number of allylic oxidation sites excluding steroid dienone is 1. The molecule has 0 bridgehead atoms. The van der Waals surface area contributed by atoms with Gasteiger partial charge in [0.1, 0.15) is 17.9 Å². The molecule has 0 spiro atoms. The van der Waals surface area contributed by atoms with Crippen LogP contribution in [0.15, 0.2) is 11.8 Å². The van der Waals surface area contributed by atoms with Crippen LogP contribution in [0, 0.1) is 5.92 Å². The summed E-state index contributed by atoms with van der Waals surface area (Å²) >= 11 is 0. The molecule has 1 saturated carbocycles. The molecular weight excluding hydrogens is 506 g/mol. The Balaban J connectivity index is 1.66. The Kier molecular flexibility index (Phi) is 16.6. The molecule has 2 N–H and O–H groups in total. The van der Waals surface area contributed by atoms with Crippen molar-refractivity contribution in [2.75, 3.05) is 19.8 Å². The molecule has 2 fully saturated rings. The van der Waals surface area contributed by atoms with Gasteiger partial charge in [-0.15, -0.1) is 0 Å². The van der Waals surface area contributed by atoms with Gasteiger partial charge in [-0.3, -0.25) is 5.32 Å². The number of carboxylic acid groups (broad SMARTS) is 1. The van der Waals surface area contributed by atoms with Gasteiger partial charge in [-0.2, -0.15) is 0 Å². The molecule has 3 atom stereocenters. The first-order chi connectivity index (χ1) is 18.9. The molecule has 1 amide bonds. The van der Waals surface area contributed by atoms with Crippen LogP contribution in [0.25, 0.3) is 0 Å². The predicted octanol–water partition coefficient (Wildman–Crippen LogP) is 6.47. The van der Waals surface area contributed by atoms with Crippen molar-refractivity contribution in [1.29, 1.82) is 0 Å². The quantitative estimate of drug-likeness (QED) is 0.118. The van der Waals surface area contributed by atoms with E-state index in [0.717, 1.165) is 77.2 Å². The molecule has 3 unspecified atom stereocenters. The third kappa shape index (κ3) is 14.6. The Hall–Kier alpha value is -2.33. The largest absolute Gasteiger partial charge is 0.508 e. The van der Waals surface area contributed by atoms with Crippen molar-refractivity contribution in [1.82, 2.24) is 5.32 Å². The lowest BCUT2D eigenvalue weighted by atomic mass is 9.83. The number of carbonyl (C=O) groups excluding carboxylic acids is 2. The first-order valence-electron chi connectivity index (χ1n) is 14.9. The molecule has 0 aromatic heterocycles. The van der Waals surface area contributed by atoms with Crippen LogP contribution in [-0.2, 0) is 28.5 Å². The number of carbonyl (C=O) groups is 3. The van der Waals surface area contributed by atoms with Crippen LogP contribution in [0.3, 0.4) is 0 Å². The second-order valence-corrected chi connectivity index (χ2v) is 10.4. The standard InChI is InChI=1S/C29H49NO9/c1-3-35-29(34)39-25(23-14-8-7-9-15-23)19-18-22(2)38-28(33)30-24(27(31)32)16-10-5-4-6-12-20-36-26-17-11-13-21-37-26/h16,22-23,25-26H,3-15,17-21H2,1-2H3,(H,30,33)(H,31,32)/b24-16+. The third-order valence-corrected chi connectivity index (χ3v) is 7.21. The first kappa shape index (κ1) is 32.9. The van der Waals surface area contributed by atoms with E-state index < -0.39 is 24.3 Å². The van der Waals surface area contributed by atoms with Gasteiger partial charge in [-0.1, -0.05) is 38.2 Å². The number of hydrogen-bond donors (Lipinski definition) is 2. The van der Waals surface area contributed by atoms with Gasteiger partial charge in [0.05, 0.1) is 6.61 Å². The molecule has 39 heavy (non-hydrogen) atoms. The van der Waals surface area contributed by atoms with Crippen molar-refractivity contribution in [2.24, 2.45) is 5.92 Å². The van der Waals surface area contributed by atoms with E-state index in [0.29, 0.717) is 25.9 Å². The highest BCUT2D eigenvalue weighted by Crippen LogP contribution is 2.31. The van der Waals surface area contributed by atoms with Crippen molar-refractivity contribution in [3.05, 3.63) is 11.8 Å². The normalized spacial score (nSPS) is 20.1. The Morgan fingerprint density at radius 2 is 1.72 bits per heavy atom. The molecule has 2 aliphatic rings. The highest BCUT2D eigenvalue weighted by molar-refractivity contribution is 5.90. The monoisotopic (exact) mass is 555 g/mol. The van der Waals surface area contributed by atoms with E-state index in [-0.39, 0.29) is 30.6 Å². The van der Waals surface area contributed by atoms with Crippen LogP contribution in [0.5, 0.6) is 0 Å². The van der Waals surface area contributed by atoms with E-state index in [1.165, 1.54) is 12.5 Å². The smallest absolute Gasteiger partial charge is 0.477 e. The number of amides is 1. The zero-order chi connectivity index (χ0) is 28.3. The maximum Gasteiger partial charge on any atom is 0.508 e. The molecule has 0 radical (unpaired) electrons. The second-order valence-electron chi connectivity index (χ2n) is 10.4. The van der Waals surface area contributed by atoms with Gasteiger partial charge >= 0.3 is 18.2 Å². The highest BCUT2D eigenvalue weighted by atomic mass is 16.7. The fourth-order valence-corrected chi connectivity index (χ4v) is 5.05. The van der Waals surface area contributed by atoms with Crippen LogP contribution >= 0.6 is 0 Å². The molecule has 10 heteroatoms. The Morgan fingerprint density at radius 3 is 2.41 bits per heavy atom. The summed E-state index contributed by atoms with van der Waals surface area (Å²) in [5.74, 6) is -0.940. The number of rotatable bonds is 17. The predicted molar refractivity (Wildman–Crippen MR) is 145 cm³/mol. The van der Waals surface area contributed by atoms with E-state index in [1.54, 1.807) is 13.8 Å². The highest BCUT2D eigenvalue weighted by Gasteiger charge is 2.28. The summed E-state index contributed by atoms with van der Waals surface area (Å²) < 4.78 is 27.2. The van der Waals surface area contributed by atoms with Crippen LogP contribution in [-0.4, -0.2) is 61.6 Å². The summed E-state index contributed by atoms with van der Waals surface area (Å²) in [5.41, 5.74) is -0.185. The van der Waals surface area contributed by atoms with E-state index in [9.17, 15) is 19.5 Å².